The van der Waals surface area contributed by atoms with E-state index in [1.807, 2.05) is 6.07 Å². The molecule has 2 aliphatic carbocycles. The fraction of sp³-hybridized carbons (Fsp3) is 0.471. The lowest BCUT2D eigenvalue weighted by Gasteiger charge is -2.42. The van der Waals surface area contributed by atoms with Crippen LogP contribution in [-0.4, -0.2) is 29.8 Å². The van der Waals surface area contributed by atoms with E-state index < -0.39 is 11.5 Å². The molecule has 0 bridgehead atoms. The van der Waals surface area contributed by atoms with Crippen molar-refractivity contribution in [3.8, 4) is 11.5 Å². The van der Waals surface area contributed by atoms with E-state index >= 15 is 0 Å². The molecule has 0 saturated heterocycles. The van der Waals surface area contributed by atoms with Gasteiger partial charge in [-0.2, -0.15) is 0 Å². The Balaban J connectivity index is 1.73. The molecule has 3 aliphatic rings. The number of halogens is 1. The Morgan fingerprint density at radius 3 is 2.35 bits per heavy atom. The summed E-state index contributed by atoms with van der Waals surface area (Å²) in [6.45, 7) is 1.12. The van der Waals surface area contributed by atoms with Gasteiger partial charge in [-0.05, 0) is 55.0 Å². The number of hydrogen-bond acceptors (Lipinski definition) is 4. The van der Waals surface area contributed by atoms with Crippen LogP contribution in [0.1, 0.15) is 36.8 Å². The number of ether oxygens (including phenoxy) is 2. The highest BCUT2D eigenvalue weighted by Crippen LogP contribution is 2.56. The van der Waals surface area contributed by atoms with Crippen LogP contribution < -0.4 is 15.2 Å². The van der Waals surface area contributed by atoms with Crippen LogP contribution in [0.3, 0.4) is 0 Å². The maximum atomic E-state index is 11.4. The van der Waals surface area contributed by atoms with Crippen molar-refractivity contribution in [1.29, 1.82) is 0 Å². The van der Waals surface area contributed by atoms with Crippen LogP contribution in [0.4, 0.5) is 0 Å². The minimum Gasteiger partial charge on any atom is -0.486 e. The van der Waals surface area contributed by atoms with E-state index in [1.54, 1.807) is 0 Å². The molecule has 122 valence electrons. The van der Waals surface area contributed by atoms with Crippen LogP contribution in [0.2, 0.25) is 0 Å². The van der Waals surface area contributed by atoms with E-state index in [0.717, 1.165) is 21.5 Å². The fourth-order valence-electron chi connectivity index (χ4n) is 3.89. The maximum absolute atomic E-state index is 11.4. The molecule has 5 nitrogen and oxygen atoms in total. The highest BCUT2D eigenvalue weighted by atomic mass is 79.9. The first kappa shape index (κ1) is 15.0. The third kappa shape index (κ3) is 2.11. The quantitative estimate of drug-likeness (QED) is 0.783. The molecular formula is C17H18BrNO4. The number of nitrogens with two attached hydrogens (primary N) is 1. The van der Waals surface area contributed by atoms with E-state index in [9.17, 15) is 9.90 Å². The van der Waals surface area contributed by atoms with E-state index in [0.29, 0.717) is 38.9 Å². The van der Waals surface area contributed by atoms with E-state index in [2.05, 4.69) is 28.1 Å². The number of hydrogen-bond donors (Lipinski definition) is 2. The summed E-state index contributed by atoms with van der Waals surface area (Å²) in [7, 11) is 0. The minimum atomic E-state index is -1.12. The van der Waals surface area contributed by atoms with Gasteiger partial charge < -0.3 is 20.3 Å². The summed E-state index contributed by atoms with van der Waals surface area (Å²) in [5.74, 6) is 0.638. The highest BCUT2D eigenvalue weighted by molar-refractivity contribution is 9.11. The average molecular weight is 380 g/mol. The third-order valence-electron chi connectivity index (χ3n) is 5.39. The monoisotopic (exact) mass is 379 g/mol. The number of carbonyl (C=O) groups is 1. The lowest BCUT2D eigenvalue weighted by Crippen LogP contribution is -2.53. The SMILES string of the molecule is NC1(C(=O)O)CCC2(CC1)C(Br)=Cc1cc3c(cc12)OCCO3. The standard InChI is InChI=1S/C17H18BrNO4/c18-14-8-10-7-12-13(23-6-5-22-12)9-11(10)16(14)1-3-17(19,4-2-16)15(20)21/h7-9H,1-6,19H2,(H,20,21). The fourth-order valence-corrected chi connectivity index (χ4v) is 4.74. The molecule has 1 spiro atoms. The summed E-state index contributed by atoms with van der Waals surface area (Å²) in [5, 5.41) is 9.36. The Hall–Kier alpha value is -1.53. The number of fused-ring (bicyclic) bond motifs is 3. The molecule has 1 heterocycles. The predicted octanol–water partition coefficient (Wildman–Crippen LogP) is 2.80. The second kappa shape index (κ2) is 4.98. The number of carboxylic acid groups (broad SMARTS) is 1. The van der Waals surface area contributed by atoms with Gasteiger partial charge in [0.2, 0.25) is 0 Å². The molecule has 1 aromatic rings. The summed E-state index contributed by atoms with van der Waals surface area (Å²) in [6, 6.07) is 4.07. The van der Waals surface area contributed by atoms with Crippen LogP contribution >= 0.6 is 15.9 Å². The molecule has 0 aromatic heterocycles. The Labute approximate surface area is 142 Å². The van der Waals surface area contributed by atoms with Gasteiger partial charge >= 0.3 is 5.97 Å². The molecule has 0 atom stereocenters. The average Bonchev–Trinajstić information content (AvgIpc) is 2.80. The van der Waals surface area contributed by atoms with Gasteiger partial charge in [-0.1, -0.05) is 15.9 Å². The molecule has 3 N–H and O–H groups in total. The van der Waals surface area contributed by atoms with Crippen molar-refractivity contribution >= 4 is 28.0 Å². The molecule has 1 fully saturated rings. The van der Waals surface area contributed by atoms with Crippen LogP contribution in [0, 0.1) is 0 Å². The predicted molar refractivity (Wildman–Crippen MR) is 89.0 cm³/mol. The summed E-state index contributed by atoms with van der Waals surface area (Å²) in [6.07, 6.45) is 4.44. The first-order valence-corrected chi connectivity index (χ1v) is 8.58. The van der Waals surface area contributed by atoms with Gasteiger partial charge in [-0.15, -0.1) is 0 Å². The van der Waals surface area contributed by atoms with Crippen LogP contribution in [-0.2, 0) is 10.2 Å². The molecule has 1 aromatic carbocycles. The first-order chi connectivity index (χ1) is 10.9. The maximum Gasteiger partial charge on any atom is 0.323 e. The van der Waals surface area contributed by atoms with Crippen LogP contribution in [0.5, 0.6) is 11.5 Å². The molecule has 23 heavy (non-hydrogen) atoms. The smallest absolute Gasteiger partial charge is 0.323 e. The lowest BCUT2D eigenvalue weighted by atomic mass is 9.65. The Morgan fingerprint density at radius 1 is 1.13 bits per heavy atom. The van der Waals surface area contributed by atoms with Gasteiger partial charge in [-0.3, -0.25) is 4.79 Å². The molecule has 6 heteroatoms. The van der Waals surface area contributed by atoms with Crippen molar-refractivity contribution in [2.75, 3.05) is 13.2 Å². The van der Waals surface area contributed by atoms with Crippen molar-refractivity contribution in [1.82, 2.24) is 0 Å². The Bertz CT molecular complexity index is 720. The number of rotatable bonds is 1. The second-order valence-electron chi connectivity index (χ2n) is 6.62. The first-order valence-electron chi connectivity index (χ1n) is 7.79. The van der Waals surface area contributed by atoms with Gasteiger partial charge in [0.05, 0.1) is 0 Å². The number of benzene rings is 1. The minimum absolute atomic E-state index is 0.191. The van der Waals surface area contributed by atoms with Gasteiger partial charge in [0.25, 0.3) is 0 Å². The summed E-state index contributed by atoms with van der Waals surface area (Å²) < 4.78 is 12.5. The van der Waals surface area contributed by atoms with Gasteiger partial charge in [0, 0.05) is 9.90 Å². The zero-order chi connectivity index (χ0) is 16.2. The van der Waals surface area contributed by atoms with Gasteiger partial charge in [0.1, 0.15) is 18.8 Å². The van der Waals surface area contributed by atoms with Gasteiger partial charge in [-0.25, -0.2) is 0 Å². The molecule has 0 unspecified atom stereocenters. The summed E-state index contributed by atoms with van der Waals surface area (Å²) >= 11 is 3.71. The largest absolute Gasteiger partial charge is 0.486 e. The van der Waals surface area contributed by atoms with Crippen molar-refractivity contribution in [2.45, 2.75) is 36.6 Å². The number of carboxylic acids is 1. The Morgan fingerprint density at radius 2 is 1.74 bits per heavy atom. The van der Waals surface area contributed by atoms with Crippen LogP contribution in [0.25, 0.3) is 6.08 Å². The molecule has 0 radical (unpaired) electrons. The third-order valence-corrected chi connectivity index (χ3v) is 6.38. The lowest BCUT2D eigenvalue weighted by molar-refractivity contribution is -0.145. The number of allylic oxidation sites excluding steroid dienone is 1. The van der Waals surface area contributed by atoms with E-state index in [4.69, 9.17) is 15.2 Å². The van der Waals surface area contributed by atoms with Crippen molar-refractivity contribution < 1.29 is 19.4 Å². The Kier molecular flexibility index (Phi) is 3.25. The summed E-state index contributed by atoms with van der Waals surface area (Å²) in [5.41, 5.74) is 7.04. The zero-order valence-corrected chi connectivity index (χ0v) is 14.2. The molecule has 4 rings (SSSR count). The molecule has 1 aliphatic heterocycles. The van der Waals surface area contributed by atoms with Gasteiger partial charge in [0.15, 0.2) is 11.5 Å². The molecule has 1 saturated carbocycles. The topological polar surface area (TPSA) is 81.8 Å². The van der Waals surface area contributed by atoms with Crippen molar-refractivity contribution in [3.05, 3.63) is 27.7 Å². The van der Waals surface area contributed by atoms with Crippen LogP contribution in [0.15, 0.2) is 16.6 Å². The number of aliphatic carboxylic acids is 1. The summed E-state index contributed by atoms with van der Waals surface area (Å²) in [4.78, 5) is 11.4. The molecule has 0 amide bonds. The normalized spacial score (nSPS) is 31.7. The van der Waals surface area contributed by atoms with E-state index in [1.165, 1.54) is 5.56 Å². The second-order valence-corrected chi connectivity index (χ2v) is 7.47. The van der Waals surface area contributed by atoms with Crippen molar-refractivity contribution in [3.63, 3.8) is 0 Å². The van der Waals surface area contributed by atoms with E-state index in [-0.39, 0.29) is 5.41 Å². The molecular weight excluding hydrogens is 362 g/mol. The highest BCUT2D eigenvalue weighted by Gasteiger charge is 2.49. The zero-order valence-electron chi connectivity index (χ0n) is 12.6. The van der Waals surface area contributed by atoms with Crippen molar-refractivity contribution in [2.24, 2.45) is 5.73 Å².